The lowest BCUT2D eigenvalue weighted by Gasteiger charge is -2.22. The third-order valence-corrected chi connectivity index (χ3v) is 5.80. The van der Waals surface area contributed by atoms with Gasteiger partial charge in [-0.05, 0) is 56.3 Å². The number of carbonyl (C=O) groups is 1. The predicted molar refractivity (Wildman–Crippen MR) is 142 cm³/mol. The first kappa shape index (κ1) is 27.0. The number of hydrogen-bond acceptors (Lipinski definition) is 7. The van der Waals surface area contributed by atoms with E-state index in [9.17, 15) is 4.79 Å². The molecule has 0 aliphatic rings. The highest BCUT2D eigenvalue weighted by atomic mass is 16.5. The van der Waals surface area contributed by atoms with Crippen molar-refractivity contribution in [3.63, 3.8) is 0 Å². The summed E-state index contributed by atoms with van der Waals surface area (Å²) in [6.07, 6.45) is 6.14. The SMILES string of the molecule is CCCCN(CCCC)CCNC(=O)Nc1ccc(Oc2ncnc3cc(OC)c(OC)cc23)cc1. The molecule has 0 atom stereocenters. The van der Waals surface area contributed by atoms with Crippen molar-refractivity contribution in [2.24, 2.45) is 0 Å². The van der Waals surface area contributed by atoms with Crippen LogP contribution in [0.2, 0.25) is 0 Å². The molecule has 0 unspecified atom stereocenters. The van der Waals surface area contributed by atoms with Crippen molar-refractivity contribution in [1.82, 2.24) is 20.2 Å². The van der Waals surface area contributed by atoms with Crippen molar-refractivity contribution < 1.29 is 19.0 Å². The van der Waals surface area contributed by atoms with Crippen LogP contribution in [0, 0.1) is 0 Å². The summed E-state index contributed by atoms with van der Waals surface area (Å²) in [5.74, 6) is 2.13. The Kier molecular flexibility index (Phi) is 10.6. The van der Waals surface area contributed by atoms with Crippen LogP contribution in [0.4, 0.5) is 10.5 Å². The first-order valence-corrected chi connectivity index (χ1v) is 12.5. The number of nitrogens with zero attached hydrogens (tertiary/aromatic N) is 3. The average Bonchev–Trinajstić information content (AvgIpc) is 2.90. The predicted octanol–water partition coefficient (Wildman–Crippen LogP) is 5.46. The fraction of sp³-hybridized carbons (Fsp3) is 0.444. The number of anilines is 1. The van der Waals surface area contributed by atoms with Crippen molar-refractivity contribution in [1.29, 1.82) is 0 Å². The van der Waals surface area contributed by atoms with E-state index >= 15 is 0 Å². The Morgan fingerprint density at radius 2 is 1.58 bits per heavy atom. The van der Waals surface area contributed by atoms with Crippen LogP contribution in [0.25, 0.3) is 10.9 Å². The maximum Gasteiger partial charge on any atom is 0.319 e. The summed E-state index contributed by atoms with van der Waals surface area (Å²) in [5, 5.41) is 6.52. The molecule has 1 heterocycles. The number of carbonyl (C=O) groups excluding carboxylic acids is 1. The van der Waals surface area contributed by atoms with Gasteiger partial charge in [0.1, 0.15) is 12.1 Å². The molecule has 0 fully saturated rings. The van der Waals surface area contributed by atoms with Gasteiger partial charge in [-0.25, -0.2) is 14.8 Å². The van der Waals surface area contributed by atoms with Gasteiger partial charge >= 0.3 is 6.03 Å². The Morgan fingerprint density at radius 1 is 0.917 bits per heavy atom. The van der Waals surface area contributed by atoms with Crippen LogP contribution in [0.3, 0.4) is 0 Å². The highest BCUT2D eigenvalue weighted by Crippen LogP contribution is 2.35. The van der Waals surface area contributed by atoms with Gasteiger partial charge in [-0.1, -0.05) is 26.7 Å². The van der Waals surface area contributed by atoms with Crippen LogP contribution < -0.4 is 24.8 Å². The van der Waals surface area contributed by atoms with E-state index in [-0.39, 0.29) is 6.03 Å². The summed E-state index contributed by atoms with van der Waals surface area (Å²) in [4.78, 5) is 23.3. The molecule has 2 aromatic carbocycles. The minimum atomic E-state index is -0.225. The lowest BCUT2D eigenvalue weighted by atomic mass is 10.2. The van der Waals surface area contributed by atoms with Crippen LogP contribution >= 0.6 is 0 Å². The zero-order chi connectivity index (χ0) is 25.8. The lowest BCUT2D eigenvalue weighted by molar-refractivity contribution is 0.243. The fourth-order valence-corrected chi connectivity index (χ4v) is 3.76. The molecule has 2 amide bonds. The largest absolute Gasteiger partial charge is 0.493 e. The smallest absolute Gasteiger partial charge is 0.319 e. The van der Waals surface area contributed by atoms with E-state index in [0.717, 1.165) is 19.6 Å². The summed E-state index contributed by atoms with van der Waals surface area (Å²) in [5.41, 5.74) is 1.35. The second-order valence-electron chi connectivity index (χ2n) is 8.46. The molecule has 9 heteroatoms. The van der Waals surface area contributed by atoms with E-state index < -0.39 is 0 Å². The van der Waals surface area contributed by atoms with E-state index in [4.69, 9.17) is 14.2 Å². The number of ether oxygens (including phenoxy) is 3. The monoisotopic (exact) mass is 495 g/mol. The third-order valence-electron chi connectivity index (χ3n) is 5.80. The van der Waals surface area contributed by atoms with Gasteiger partial charge in [0, 0.05) is 24.8 Å². The molecule has 3 aromatic rings. The molecule has 9 nitrogen and oxygen atoms in total. The van der Waals surface area contributed by atoms with E-state index in [1.165, 1.54) is 32.0 Å². The fourth-order valence-electron chi connectivity index (χ4n) is 3.76. The number of hydrogen-bond donors (Lipinski definition) is 2. The second-order valence-corrected chi connectivity index (χ2v) is 8.46. The minimum Gasteiger partial charge on any atom is -0.493 e. The first-order chi connectivity index (χ1) is 17.6. The Morgan fingerprint density at radius 3 is 2.22 bits per heavy atom. The topological polar surface area (TPSA) is 97.8 Å². The zero-order valence-electron chi connectivity index (χ0n) is 21.7. The highest BCUT2D eigenvalue weighted by molar-refractivity contribution is 5.89. The number of rotatable bonds is 14. The Hall–Kier alpha value is -3.59. The number of fused-ring (bicyclic) bond motifs is 1. The van der Waals surface area contributed by atoms with Crippen LogP contribution in [-0.4, -0.2) is 61.3 Å². The van der Waals surface area contributed by atoms with Gasteiger partial charge in [0.2, 0.25) is 5.88 Å². The molecule has 1 aromatic heterocycles. The number of unbranched alkanes of at least 4 members (excludes halogenated alkanes) is 2. The van der Waals surface area contributed by atoms with Crippen molar-refractivity contribution in [3.05, 3.63) is 42.7 Å². The second kappa shape index (κ2) is 14.1. The molecular weight excluding hydrogens is 458 g/mol. The van der Waals surface area contributed by atoms with Crippen molar-refractivity contribution >= 4 is 22.6 Å². The van der Waals surface area contributed by atoms with Crippen molar-refractivity contribution in [2.45, 2.75) is 39.5 Å². The molecule has 2 N–H and O–H groups in total. The van der Waals surface area contributed by atoms with Gasteiger partial charge in [0.15, 0.2) is 11.5 Å². The average molecular weight is 496 g/mol. The summed E-state index contributed by atoms with van der Waals surface area (Å²) < 4.78 is 16.7. The number of benzene rings is 2. The molecular formula is C27H37N5O4. The molecule has 3 rings (SSSR count). The van der Waals surface area contributed by atoms with Crippen molar-refractivity contribution in [2.75, 3.05) is 45.7 Å². The van der Waals surface area contributed by atoms with E-state index in [2.05, 4.69) is 39.3 Å². The molecule has 194 valence electrons. The number of aromatic nitrogens is 2. The van der Waals surface area contributed by atoms with E-state index in [1.807, 2.05) is 0 Å². The maximum atomic E-state index is 12.3. The van der Waals surface area contributed by atoms with Gasteiger partial charge < -0.3 is 29.7 Å². The van der Waals surface area contributed by atoms with Gasteiger partial charge in [0.05, 0.1) is 25.1 Å². The van der Waals surface area contributed by atoms with Crippen molar-refractivity contribution in [3.8, 4) is 23.1 Å². The lowest BCUT2D eigenvalue weighted by Crippen LogP contribution is -2.37. The molecule has 0 radical (unpaired) electrons. The Bertz CT molecular complexity index is 1100. The van der Waals surface area contributed by atoms with E-state index in [1.54, 1.807) is 50.6 Å². The number of urea groups is 1. The molecule has 0 spiro atoms. The molecule has 0 bridgehead atoms. The van der Waals surface area contributed by atoms with Crippen LogP contribution in [-0.2, 0) is 0 Å². The quantitative estimate of drug-likeness (QED) is 0.306. The van der Waals surface area contributed by atoms with E-state index in [0.29, 0.717) is 46.3 Å². The molecule has 0 saturated carbocycles. The van der Waals surface area contributed by atoms with Gasteiger partial charge in [-0.15, -0.1) is 0 Å². The van der Waals surface area contributed by atoms with Crippen LogP contribution in [0.15, 0.2) is 42.7 Å². The zero-order valence-corrected chi connectivity index (χ0v) is 21.7. The maximum absolute atomic E-state index is 12.3. The van der Waals surface area contributed by atoms with Gasteiger partial charge in [-0.3, -0.25) is 0 Å². The summed E-state index contributed by atoms with van der Waals surface area (Å²) >= 11 is 0. The number of amides is 2. The molecule has 0 aliphatic heterocycles. The normalized spacial score (nSPS) is 10.9. The van der Waals surface area contributed by atoms with Crippen LogP contribution in [0.5, 0.6) is 23.1 Å². The standard InChI is InChI=1S/C27H37N5O4/c1-5-7-14-32(15-8-6-2)16-13-28-27(33)31-20-9-11-21(12-10-20)36-26-22-17-24(34-3)25(35-4)18-23(22)29-19-30-26/h9-12,17-19H,5-8,13-16H2,1-4H3,(H2,28,31,33). The van der Waals surface area contributed by atoms with Gasteiger partial charge in [0.25, 0.3) is 0 Å². The summed E-state index contributed by atoms with van der Waals surface area (Å²) in [6, 6.07) is 10.5. The number of nitrogens with one attached hydrogen (secondary N) is 2. The van der Waals surface area contributed by atoms with Gasteiger partial charge in [-0.2, -0.15) is 0 Å². The van der Waals surface area contributed by atoms with Crippen LogP contribution in [0.1, 0.15) is 39.5 Å². The summed E-state index contributed by atoms with van der Waals surface area (Å²) in [6.45, 7) is 8.00. The first-order valence-electron chi connectivity index (χ1n) is 12.5. The number of methoxy groups -OCH3 is 2. The minimum absolute atomic E-state index is 0.225. The summed E-state index contributed by atoms with van der Waals surface area (Å²) in [7, 11) is 3.15. The molecule has 0 aliphatic carbocycles. The highest BCUT2D eigenvalue weighted by Gasteiger charge is 2.13. The third kappa shape index (κ3) is 7.71. The Labute approximate surface area is 213 Å². The molecule has 36 heavy (non-hydrogen) atoms. The molecule has 0 saturated heterocycles. The Balaban J connectivity index is 1.56.